The summed E-state index contributed by atoms with van der Waals surface area (Å²) in [5, 5.41) is 0.477. The Hall–Kier alpha value is -1.56. The monoisotopic (exact) mass is 445 g/mol. The summed E-state index contributed by atoms with van der Waals surface area (Å²) in [7, 11) is 0. The molecule has 1 unspecified atom stereocenters. The maximum absolute atomic E-state index is 12.5. The van der Waals surface area contributed by atoms with Crippen LogP contribution in [0.25, 0.3) is 0 Å². The molecule has 0 aliphatic carbocycles. The van der Waals surface area contributed by atoms with Gasteiger partial charge in [-0.3, -0.25) is 4.84 Å². The topological polar surface area (TPSA) is 73.9 Å². The van der Waals surface area contributed by atoms with E-state index in [4.69, 9.17) is 36.7 Å². The van der Waals surface area contributed by atoms with E-state index in [1.165, 1.54) is 24.3 Å². The van der Waals surface area contributed by atoms with Crippen LogP contribution in [0.3, 0.4) is 0 Å². The standard InChI is InChI=1S/C19H22Cl2NO5P/c1-14(2)12-18(22-25-13-15-6-4-3-5-7-15)19(23)27-28(21,24)26-17-10-8-16(20)9-11-17/h3-11,14,18,22H,12-13H2,1-2H3/t18-,28?/m0/s1. The molecular formula is C19H22Cl2NO5P. The molecule has 2 aromatic carbocycles. The van der Waals surface area contributed by atoms with Gasteiger partial charge in [-0.15, -0.1) is 0 Å². The lowest BCUT2D eigenvalue weighted by molar-refractivity contribution is -0.142. The first-order valence-electron chi connectivity index (χ1n) is 8.65. The number of rotatable bonds is 10. The molecular weight excluding hydrogens is 424 g/mol. The van der Waals surface area contributed by atoms with E-state index in [9.17, 15) is 9.36 Å². The van der Waals surface area contributed by atoms with Crippen LogP contribution in [-0.4, -0.2) is 12.0 Å². The predicted molar refractivity (Wildman–Crippen MR) is 109 cm³/mol. The van der Waals surface area contributed by atoms with Gasteiger partial charge in [0.05, 0.1) is 6.61 Å². The van der Waals surface area contributed by atoms with E-state index in [0.717, 1.165) is 5.56 Å². The fourth-order valence-electron chi connectivity index (χ4n) is 2.27. The Labute approximate surface area is 174 Å². The molecule has 152 valence electrons. The van der Waals surface area contributed by atoms with E-state index >= 15 is 0 Å². The van der Waals surface area contributed by atoms with E-state index in [1.807, 2.05) is 44.2 Å². The molecule has 0 aliphatic rings. The average molecular weight is 446 g/mol. The molecule has 9 heteroatoms. The third-order valence-corrected chi connectivity index (χ3v) is 5.02. The van der Waals surface area contributed by atoms with Crippen molar-refractivity contribution in [3.63, 3.8) is 0 Å². The fourth-order valence-corrected chi connectivity index (χ4v) is 3.60. The Morgan fingerprint density at radius 1 is 1.11 bits per heavy atom. The molecule has 2 aromatic rings. The first kappa shape index (κ1) is 22.7. The van der Waals surface area contributed by atoms with Crippen LogP contribution in [0, 0.1) is 5.92 Å². The average Bonchev–Trinajstić information content (AvgIpc) is 2.63. The van der Waals surface area contributed by atoms with Crippen LogP contribution in [0.5, 0.6) is 5.75 Å². The Kier molecular flexibility index (Phi) is 8.80. The van der Waals surface area contributed by atoms with Crippen LogP contribution in [0.2, 0.25) is 5.02 Å². The van der Waals surface area contributed by atoms with Crippen molar-refractivity contribution in [2.75, 3.05) is 0 Å². The van der Waals surface area contributed by atoms with Gasteiger partial charge in [-0.05, 0) is 42.2 Å². The number of halogens is 2. The largest absolute Gasteiger partial charge is 0.532 e. The highest BCUT2D eigenvalue weighted by molar-refractivity contribution is 7.82. The Morgan fingerprint density at radius 2 is 1.75 bits per heavy atom. The summed E-state index contributed by atoms with van der Waals surface area (Å²) >= 11 is 11.6. The smallest absolute Gasteiger partial charge is 0.405 e. The minimum Gasteiger partial charge on any atom is -0.405 e. The van der Waals surface area contributed by atoms with Crippen molar-refractivity contribution >= 4 is 35.8 Å². The van der Waals surface area contributed by atoms with Gasteiger partial charge in [0.1, 0.15) is 11.8 Å². The van der Waals surface area contributed by atoms with Gasteiger partial charge in [0, 0.05) is 16.3 Å². The zero-order valence-electron chi connectivity index (χ0n) is 15.5. The molecule has 28 heavy (non-hydrogen) atoms. The second-order valence-electron chi connectivity index (χ2n) is 6.46. The van der Waals surface area contributed by atoms with E-state index in [0.29, 0.717) is 11.4 Å². The minimum atomic E-state index is -4.19. The Morgan fingerprint density at radius 3 is 2.36 bits per heavy atom. The van der Waals surface area contributed by atoms with Crippen molar-refractivity contribution in [3.05, 3.63) is 65.2 Å². The van der Waals surface area contributed by atoms with E-state index in [-0.39, 0.29) is 18.3 Å². The van der Waals surface area contributed by atoms with Gasteiger partial charge in [-0.25, -0.2) is 9.36 Å². The summed E-state index contributed by atoms with van der Waals surface area (Å²) in [6.45, 7) is -0.0682. The third kappa shape index (κ3) is 8.21. The van der Waals surface area contributed by atoms with Crippen molar-refractivity contribution in [1.29, 1.82) is 0 Å². The number of hydroxylamine groups is 1. The first-order chi connectivity index (χ1) is 13.2. The molecule has 0 saturated carbocycles. The van der Waals surface area contributed by atoms with Gasteiger partial charge in [0.2, 0.25) is 0 Å². The summed E-state index contributed by atoms with van der Waals surface area (Å²) in [4.78, 5) is 17.9. The molecule has 0 bridgehead atoms. The van der Waals surface area contributed by atoms with E-state index < -0.39 is 19.0 Å². The van der Waals surface area contributed by atoms with Gasteiger partial charge in [0.15, 0.2) is 0 Å². The fraction of sp³-hybridized carbons (Fsp3) is 0.316. The number of hydrogen-bond acceptors (Lipinski definition) is 6. The Bertz CT molecular complexity index is 802. The molecule has 0 spiro atoms. The highest BCUT2D eigenvalue weighted by Gasteiger charge is 2.32. The van der Waals surface area contributed by atoms with Gasteiger partial charge < -0.3 is 9.05 Å². The number of carbonyl (C=O) groups is 1. The van der Waals surface area contributed by atoms with Gasteiger partial charge in [-0.1, -0.05) is 55.8 Å². The molecule has 0 heterocycles. The quantitative estimate of drug-likeness (QED) is 0.370. The van der Waals surface area contributed by atoms with E-state index in [2.05, 4.69) is 5.48 Å². The summed E-state index contributed by atoms with van der Waals surface area (Å²) in [6.07, 6.45) is 0.394. The van der Waals surface area contributed by atoms with Crippen molar-refractivity contribution < 1.29 is 23.2 Å². The van der Waals surface area contributed by atoms with Crippen LogP contribution in [0.4, 0.5) is 0 Å². The molecule has 0 amide bonds. The summed E-state index contributed by atoms with van der Waals surface area (Å²) in [6, 6.07) is 14.6. The highest BCUT2D eigenvalue weighted by Crippen LogP contribution is 2.53. The second kappa shape index (κ2) is 10.8. The molecule has 0 fully saturated rings. The summed E-state index contributed by atoms with van der Waals surface area (Å²) < 4.78 is 22.4. The van der Waals surface area contributed by atoms with Crippen LogP contribution >= 0.6 is 29.8 Å². The van der Waals surface area contributed by atoms with Gasteiger partial charge in [-0.2, -0.15) is 5.48 Å². The first-order valence-corrected chi connectivity index (χ1v) is 11.5. The summed E-state index contributed by atoms with van der Waals surface area (Å²) in [5.74, 6) is -0.504. The lowest BCUT2D eigenvalue weighted by Gasteiger charge is -2.20. The Balaban J connectivity index is 1.94. The van der Waals surface area contributed by atoms with Gasteiger partial charge >= 0.3 is 12.9 Å². The molecule has 6 nitrogen and oxygen atoms in total. The number of benzene rings is 2. The molecule has 0 radical (unpaired) electrons. The molecule has 1 N–H and O–H groups in total. The normalized spacial score (nSPS) is 14.3. The second-order valence-corrected chi connectivity index (χ2v) is 9.37. The number of hydrogen-bond donors (Lipinski definition) is 1. The summed E-state index contributed by atoms with van der Waals surface area (Å²) in [5.41, 5.74) is 3.60. The highest BCUT2D eigenvalue weighted by atomic mass is 35.7. The van der Waals surface area contributed by atoms with Crippen LogP contribution in [0.15, 0.2) is 54.6 Å². The molecule has 2 rings (SSSR count). The zero-order valence-corrected chi connectivity index (χ0v) is 17.9. The van der Waals surface area contributed by atoms with Crippen molar-refractivity contribution in [2.24, 2.45) is 5.92 Å². The minimum absolute atomic E-state index is 0.150. The molecule has 0 aromatic heterocycles. The van der Waals surface area contributed by atoms with Crippen LogP contribution in [-0.2, 0) is 25.3 Å². The number of carbonyl (C=O) groups excluding carboxylic acids is 1. The molecule has 2 atom stereocenters. The van der Waals surface area contributed by atoms with Crippen molar-refractivity contribution in [1.82, 2.24) is 5.48 Å². The predicted octanol–water partition coefficient (Wildman–Crippen LogP) is 5.75. The van der Waals surface area contributed by atoms with Crippen LogP contribution in [0.1, 0.15) is 25.8 Å². The van der Waals surface area contributed by atoms with Gasteiger partial charge in [0.25, 0.3) is 0 Å². The third-order valence-electron chi connectivity index (χ3n) is 3.53. The lowest BCUT2D eigenvalue weighted by Crippen LogP contribution is -2.38. The maximum Gasteiger partial charge on any atom is 0.532 e. The molecule has 0 aliphatic heterocycles. The van der Waals surface area contributed by atoms with E-state index in [1.54, 1.807) is 0 Å². The SMILES string of the molecule is CC(C)C[C@H](NOCc1ccccc1)C(=O)OP(=O)(Cl)Oc1ccc(Cl)cc1. The van der Waals surface area contributed by atoms with Crippen molar-refractivity contribution in [2.45, 2.75) is 32.9 Å². The van der Waals surface area contributed by atoms with Crippen LogP contribution < -0.4 is 10.0 Å². The molecule has 0 saturated heterocycles. The maximum atomic E-state index is 12.5. The van der Waals surface area contributed by atoms with Crippen molar-refractivity contribution in [3.8, 4) is 5.75 Å². The lowest BCUT2D eigenvalue weighted by atomic mass is 10.1. The number of nitrogens with one attached hydrogen (secondary N) is 1. The zero-order chi connectivity index (χ0) is 20.6.